The first-order valence-corrected chi connectivity index (χ1v) is 5.34. The van der Waals surface area contributed by atoms with Crippen molar-refractivity contribution < 1.29 is 8.78 Å². The molecule has 2 N–H and O–H groups in total. The highest BCUT2D eigenvalue weighted by Crippen LogP contribution is 2.12. The third kappa shape index (κ3) is 3.35. The fraction of sp³-hybridized carbons (Fsp3) is 0.0833. The smallest absolute Gasteiger partial charge is 0.182 e. The Morgan fingerprint density at radius 3 is 2.63 bits per heavy atom. The monoisotopic (exact) mass is 261 g/mol. The molecule has 7 heteroatoms. The van der Waals surface area contributed by atoms with E-state index >= 15 is 0 Å². The Morgan fingerprint density at radius 2 is 1.89 bits per heavy atom. The summed E-state index contributed by atoms with van der Waals surface area (Å²) in [5.41, 5.74) is 0.576. The van der Waals surface area contributed by atoms with Gasteiger partial charge < -0.3 is 5.32 Å². The maximum Gasteiger partial charge on any atom is 0.182 e. The van der Waals surface area contributed by atoms with Gasteiger partial charge in [0.25, 0.3) is 0 Å². The van der Waals surface area contributed by atoms with E-state index < -0.39 is 11.6 Å². The minimum Gasteiger partial charge on any atom is -0.366 e. The van der Waals surface area contributed by atoms with E-state index in [1.807, 2.05) is 0 Å². The third-order valence-corrected chi connectivity index (χ3v) is 2.31. The van der Waals surface area contributed by atoms with E-state index in [1.165, 1.54) is 18.5 Å². The van der Waals surface area contributed by atoms with Gasteiger partial charge >= 0.3 is 0 Å². The van der Waals surface area contributed by atoms with Gasteiger partial charge in [-0.2, -0.15) is 5.26 Å². The molecule has 0 amide bonds. The van der Waals surface area contributed by atoms with Crippen molar-refractivity contribution in [1.29, 1.82) is 5.26 Å². The topological polar surface area (TPSA) is 73.6 Å². The SMILES string of the molecule is N#CNc1cc(NCc2ccc(F)c(F)c2)ncn1. The Hall–Kier alpha value is -2.75. The highest BCUT2D eigenvalue weighted by molar-refractivity contribution is 5.48. The first-order valence-electron chi connectivity index (χ1n) is 5.34. The molecule has 0 saturated carbocycles. The van der Waals surface area contributed by atoms with Gasteiger partial charge in [-0.1, -0.05) is 6.07 Å². The quantitative estimate of drug-likeness (QED) is 0.652. The Balaban J connectivity index is 2.04. The fourth-order valence-electron chi connectivity index (χ4n) is 1.42. The van der Waals surface area contributed by atoms with Crippen LogP contribution in [0.4, 0.5) is 20.4 Å². The van der Waals surface area contributed by atoms with E-state index in [1.54, 1.807) is 6.19 Å². The molecular formula is C12H9F2N5. The normalized spacial score (nSPS) is 9.74. The number of hydrogen-bond acceptors (Lipinski definition) is 5. The van der Waals surface area contributed by atoms with Gasteiger partial charge in [0.2, 0.25) is 0 Å². The molecule has 1 aromatic heterocycles. The number of aromatic nitrogens is 2. The molecule has 1 heterocycles. The van der Waals surface area contributed by atoms with Crippen molar-refractivity contribution in [2.24, 2.45) is 0 Å². The van der Waals surface area contributed by atoms with E-state index in [9.17, 15) is 8.78 Å². The van der Waals surface area contributed by atoms with E-state index in [4.69, 9.17) is 5.26 Å². The average molecular weight is 261 g/mol. The Labute approximate surface area is 107 Å². The standard InChI is InChI=1S/C12H9F2N5/c13-9-2-1-8(3-10(9)14)5-16-11-4-12(17-6-15)19-7-18-11/h1-4,7H,5H2,(H2,16,17,18,19). The number of nitrogens with zero attached hydrogens (tertiary/aromatic N) is 3. The zero-order chi connectivity index (χ0) is 13.7. The Morgan fingerprint density at radius 1 is 1.11 bits per heavy atom. The van der Waals surface area contributed by atoms with Gasteiger partial charge in [0.05, 0.1) is 0 Å². The molecule has 96 valence electrons. The van der Waals surface area contributed by atoms with Crippen LogP contribution in [-0.4, -0.2) is 9.97 Å². The fourth-order valence-corrected chi connectivity index (χ4v) is 1.42. The van der Waals surface area contributed by atoms with Crippen molar-refractivity contribution in [3.63, 3.8) is 0 Å². The zero-order valence-corrected chi connectivity index (χ0v) is 9.69. The predicted octanol–water partition coefficient (Wildman–Crippen LogP) is 2.26. The highest BCUT2D eigenvalue weighted by Gasteiger charge is 2.03. The van der Waals surface area contributed by atoms with E-state index in [0.717, 1.165) is 12.1 Å². The summed E-state index contributed by atoms with van der Waals surface area (Å²) in [5, 5.41) is 13.7. The molecule has 0 fully saturated rings. The number of benzene rings is 1. The molecule has 0 spiro atoms. The van der Waals surface area contributed by atoms with Gasteiger partial charge in [0.1, 0.15) is 18.0 Å². The first-order chi connectivity index (χ1) is 9.19. The minimum atomic E-state index is -0.895. The van der Waals surface area contributed by atoms with Gasteiger partial charge in [0, 0.05) is 12.6 Å². The molecule has 2 aromatic rings. The lowest BCUT2D eigenvalue weighted by atomic mass is 10.2. The molecule has 2 rings (SSSR count). The second-order valence-corrected chi connectivity index (χ2v) is 3.63. The molecular weight excluding hydrogens is 252 g/mol. The molecule has 0 radical (unpaired) electrons. The van der Waals surface area contributed by atoms with Crippen LogP contribution in [0.25, 0.3) is 0 Å². The number of nitriles is 1. The highest BCUT2D eigenvalue weighted by atomic mass is 19.2. The van der Waals surface area contributed by atoms with Crippen LogP contribution in [0.1, 0.15) is 5.56 Å². The summed E-state index contributed by atoms with van der Waals surface area (Å²) in [4.78, 5) is 7.75. The van der Waals surface area contributed by atoms with E-state index in [0.29, 0.717) is 17.2 Å². The molecule has 0 atom stereocenters. The van der Waals surface area contributed by atoms with Crippen LogP contribution in [0.2, 0.25) is 0 Å². The van der Waals surface area contributed by atoms with Crippen LogP contribution in [0.5, 0.6) is 0 Å². The van der Waals surface area contributed by atoms with Crippen molar-refractivity contribution in [2.75, 3.05) is 10.6 Å². The molecule has 0 aliphatic heterocycles. The third-order valence-electron chi connectivity index (χ3n) is 2.31. The van der Waals surface area contributed by atoms with Crippen LogP contribution in [0.3, 0.4) is 0 Å². The number of hydrogen-bond donors (Lipinski definition) is 2. The van der Waals surface area contributed by atoms with Gasteiger partial charge in [-0.05, 0) is 17.7 Å². The molecule has 0 aliphatic carbocycles. The van der Waals surface area contributed by atoms with Crippen molar-refractivity contribution in [3.8, 4) is 6.19 Å². The maximum atomic E-state index is 13.0. The van der Waals surface area contributed by atoms with Crippen LogP contribution in [0.15, 0.2) is 30.6 Å². The van der Waals surface area contributed by atoms with Gasteiger partial charge in [-0.25, -0.2) is 18.7 Å². The lowest BCUT2D eigenvalue weighted by molar-refractivity contribution is 0.507. The number of rotatable bonds is 4. The van der Waals surface area contributed by atoms with E-state index in [-0.39, 0.29) is 6.54 Å². The van der Waals surface area contributed by atoms with Gasteiger partial charge in [0.15, 0.2) is 17.8 Å². The largest absolute Gasteiger partial charge is 0.366 e. The van der Waals surface area contributed by atoms with Crippen molar-refractivity contribution >= 4 is 11.6 Å². The molecule has 5 nitrogen and oxygen atoms in total. The van der Waals surface area contributed by atoms with Gasteiger partial charge in [-0.3, -0.25) is 5.32 Å². The van der Waals surface area contributed by atoms with Crippen molar-refractivity contribution in [1.82, 2.24) is 9.97 Å². The summed E-state index contributed by atoms with van der Waals surface area (Å²) in [6, 6.07) is 5.18. The summed E-state index contributed by atoms with van der Waals surface area (Å²) in [5.74, 6) is -0.956. The molecule has 19 heavy (non-hydrogen) atoms. The van der Waals surface area contributed by atoms with Crippen LogP contribution in [0, 0.1) is 23.1 Å². The molecule has 0 bridgehead atoms. The number of nitrogens with one attached hydrogen (secondary N) is 2. The molecule has 1 aromatic carbocycles. The lowest BCUT2D eigenvalue weighted by Gasteiger charge is -2.06. The van der Waals surface area contributed by atoms with Crippen molar-refractivity contribution in [2.45, 2.75) is 6.54 Å². The second kappa shape index (κ2) is 5.73. The molecule has 0 unspecified atom stereocenters. The first kappa shape index (κ1) is 12.7. The summed E-state index contributed by atoms with van der Waals surface area (Å²) < 4.78 is 25.7. The Kier molecular flexibility index (Phi) is 3.83. The zero-order valence-electron chi connectivity index (χ0n) is 9.69. The molecule has 0 aliphatic rings. The summed E-state index contributed by atoms with van der Waals surface area (Å²) >= 11 is 0. The van der Waals surface area contributed by atoms with Crippen LogP contribution >= 0.6 is 0 Å². The van der Waals surface area contributed by atoms with Crippen LogP contribution < -0.4 is 10.6 Å². The summed E-state index contributed by atoms with van der Waals surface area (Å²) in [6.45, 7) is 0.278. The summed E-state index contributed by atoms with van der Waals surface area (Å²) in [6.07, 6.45) is 3.02. The number of halogens is 2. The van der Waals surface area contributed by atoms with Crippen LogP contribution in [-0.2, 0) is 6.54 Å². The Bertz CT molecular complexity index is 624. The number of anilines is 2. The maximum absolute atomic E-state index is 13.0. The summed E-state index contributed by atoms with van der Waals surface area (Å²) in [7, 11) is 0. The molecule has 0 saturated heterocycles. The lowest BCUT2D eigenvalue weighted by Crippen LogP contribution is -2.03. The predicted molar refractivity (Wildman–Crippen MR) is 65.0 cm³/mol. The van der Waals surface area contributed by atoms with Gasteiger partial charge in [-0.15, -0.1) is 0 Å². The second-order valence-electron chi connectivity index (χ2n) is 3.63. The average Bonchev–Trinajstić information content (AvgIpc) is 2.41. The van der Waals surface area contributed by atoms with Crippen molar-refractivity contribution in [3.05, 3.63) is 47.8 Å². The minimum absolute atomic E-state index is 0.278. The van der Waals surface area contributed by atoms with E-state index in [2.05, 4.69) is 20.6 Å².